The topological polar surface area (TPSA) is 27.7 Å². The minimum Gasteiger partial charge on any atom is -0.371 e. The zero-order valence-electron chi connectivity index (χ0n) is 14.3. The van der Waals surface area contributed by atoms with Crippen LogP contribution in [-0.4, -0.2) is 61.6 Å². The summed E-state index contributed by atoms with van der Waals surface area (Å²) >= 11 is 0. The predicted molar refractivity (Wildman–Crippen MR) is 63.9 cm³/mol. The molecule has 3 nitrogen and oxygen atoms in total. The van der Waals surface area contributed by atoms with Gasteiger partial charge in [-0.1, -0.05) is 6.08 Å². The molecular weight excluding hydrogens is 515 g/mol. The molecule has 0 heterocycles. The number of hydrogen-bond donors (Lipinski definition) is 0. The van der Waals surface area contributed by atoms with Crippen molar-refractivity contribution in [2.45, 2.75) is 48.4 Å². The maximum Gasteiger partial charge on any atom is 0.462 e. The Kier molecular flexibility index (Phi) is 8.23. The Hall–Kier alpha value is -1.57. The number of hydrogen-bond acceptors (Lipinski definition) is 3. The van der Waals surface area contributed by atoms with Crippen LogP contribution in [0.15, 0.2) is 12.7 Å². The van der Waals surface area contributed by atoms with E-state index in [0.29, 0.717) is 6.08 Å². The molecule has 20 heteroatoms. The monoisotopic (exact) mass is 522 g/mol. The summed E-state index contributed by atoms with van der Waals surface area (Å²) in [6.07, 6.45) is -37.2. The molecule has 0 spiro atoms. The fraction of sp³-hybridized carbons (Fsp3) is 0.833. The van der Waals surface area contributed by atoms with Crippen molar-refractivity contribution in [3.8, 4) is 0 Å². The van der Waals surface area contributed by atoms with Crippen LogP contribution in [-0.2, 0) is 14.2 Å². The first-order chi connectivity index (χ1) is 13.7. The molecule has 0 aliphatic carbocycles. The van der Waals surface area contributed by atoms with E-state index in [1.165, 1.54) is 4.74 Å². The Labute approximate surface area is 164 Å². The molecule has 0 bridgehead atoms. The van der Waals surface area contributed by atoms with Crippen LogP contribution < -0.4 is 0 Å². The number of halogens is 17. The molecule has 0 aromatic carbocycles. The second kappa shape index (κ2) is 8.65. The van der Waals surface area contributed by atoms with E-state index in [1.54, 1.807) is 0 Å². The van der Waals surface area contributed by atoms with Crippen LogP contribution in [0.25, 0.3) is 0 Å². The van der Waals surface area contributed by atoms with Crippen molar-refractivity contribution in [1.29, 1.82) is 0 Å². The number of rotatable bonds is 10. The van der Waals surface area contributed by atoms with Gasteiger partial charge < -0.3 is 4.74 Å². The molecule has 0 aromatic heterocycles. The summed E-state index contributed by atoms with van der Waals surface area (Å²) in [6.45, 7) is -1.19. The lowest BCUT2D eigenvalue weighted by atomic mass is 10.2. The molecule has 2 atom stereocenters. The Morgan fingerprint density at radius 3 is 1.31 bits per heavy atom. The fourth-order valence-electron chi connectivity index (χ4n) is 1.40. The molecular formula is C12H7F17O3. The van der Waals surface area contributed by atoms with Crippen LogP contribution in [0.2, 0.25) is 0 Å². The van der Waals surface area contributed by atoms with E-state index in [-0.39, 0.29) is 0 Å². The summed E-state index contributed by atoms with van der Waals surface area (Å²) in [5, 5.41) is 0. The molecule has 0 rings (SSSR count). The van der Waals surface area contributed by atoms with Gasteiger partial charge in [0.15, 0.2) is 0 Å². The lowest BCUT2D eigenvalue weighted by Gasteiger charge is -2.40. The van der Waals surface area contributed by atoms with Gasteiger partial charge in [0.2, 0.25) is 0 Å². The van der Waals surface area contributed by atoms with Gasteiger partial charge in [-0.25, -0.2) is 0 Å². The second-order valence-corrected chi connectivity index (χ2v) is 5.43. The van der Waals surface area contributed by atoms with Crippen molar-refractivity contribution in [2.24, 2.45) is 0 Å². The first-order valence-electron chi connectivity index (χ1n) is 7.03. The summed E-state index contributed by atoms with van der Waals surface area (Å²) < 4.78 is 225. The van der Waals surface area contributed by atoms with Crippen molar-refractivity contribution in [3.05, 3.63) is 12.7 Å². The van der Waals surface area contributed by atoms with E-state index < -0.39 is 61.6 Å². The van der Waals surface area contributed by atoms with Crippen LogP contribution in [0.3, 0.4) is 0 Å². The highest BCUT2D eigenvalue weighted by molar-refractivity contribution is 4.95. The van der Waals surface area contributed by atoms with E-state index >= 15 is 0 Å². The zero-order valence-corrected chi connectivity index (χ0v) is 14.3. The largest absolute Gasteiger partial charge is 0.462 e. The number of ether oxygens (including phenoxy) is 3. The maximum atomic E-state index is 13.8. The molecule has 32 heavy (non-hydrogen) atoms. The fourth-order valence-corrected chi connectivity index (χ4v) is 1.40. The molecule has 2 unspecified atom stereocenters. The van der Waals surface area contributed by atoms with Crippen molar-refractivity contribution in [1.82, 2.24) is 0 Å². The lowest BCUT2D eigenvalue weighted by Crippen LogP contribution is -2.67. The average Bonchev–Trinajstić information content (AvgIpc) is 2.50. The van der Waals surface area contributed by atoms with Gasteiger partial charge in [0.05, 0.1) is 6.61 Å². The van der Waals surface area contributed by atoms with E-state index in [4.69, 9.17) is 0 Å². The molecule has 0 saturated heterocycles. The first kappa shape index (κ1) is 30.4. The second-order valence-electron chi connectivity index (χ2n) is 5.43. The highest BCUT2D eigenvalue weighted by Crippen LogP contribution is 2.56. The van der Waals surface area contributed by atoms with Crippen LogP contribution in [0.4, 0.5) is 74.6 Å². The first-order valence-corrected chi connectivity index (χ1v) is 7.03. The smallest absolute Gasteiger partial charge is 0.371 e. The molecule has 0 aliphatic heterocycles. The Morgan fingerprint density at radius 2 is 1.00 bits per heavy atom. The third kappa shape index (κ3) is 5.67. The Bertz CT molecular complexity index is 651. The minimum atomic E-state index is -7.89. The van der Waals surface area contributed by atoms with Gasteiger partial charge in [-0.3, -0.25) is 9.47 Å². The molecule has 192 valence electrons. The van der Waals surface area contributed by atoms with Crippen molar-refractivity contribution < 1.29 is 88.8 Å². The molecule has 0 radical (unpaired) electrons. The predicted octanol–water partition coefficient (Wildman–Crippen LogP) is 6.06. The number of alkyl halides is 17. The van der Waals surface area contributed by atoms with Crippen LogP contribution >= 0.6 is 0 Å². The molecule has 0 aliphatic rings. The molecule has 0 aromatic rings. The molecule has 0 N–H and O–H groups in total. The van der Waals surface area contributed by atoms with E-state index in [9.17, 15) is 74.6 Å². The quantitative estimate of drug-likeness (QED) is 0.199. The van der Waals surface area contributed by atoms with E-state index in [1.807, 2.05) is 4.74 Å². The lowest BCUT2D eigenvalue weighted by molar-refractivity contribution is -0.553. The Balaban J connectivity index is 6.50. The highest BCUT2D eigenvalue weighted by atomic mass is 19.4. The summed E-state index contributed by atoms with van der Waals surface area (Å²) in [4.78, 5) is 0. The SMILES string of the molecule is C=CCOCC(F)(OC(F)(F)C(F)(OC(F)(F)C(F)(F)C(F)(F)F)C(F)(F)F)C(F)(F)F. The third-order valence-electron chi connectivity index (χ3n) is 2.97. The van der Waals surface area contributed by atoms with Gasteiger partial charge in [0.1, 0.15) is 6.61 Å². The van der Waals surface area contributed by atoms with Crippen molar-refractivity contribution in [3.63, 3.8) is 0 Å². The standard InChI is InChI=1S/C12H7F17O3/c1-2-3-30-4-5(13,8(17,18)19)31-12(28,29)7(16,10(23,24)25)32-11(26,27)6(14,15)9(20,21)22/h2H,1,3-4H2. The van der Waals surface area contributed by atoms with Crippen molar-refractivity contribution in [2.75, 3.05) is 13.2 Å². The molecule has 0 saturated carbocycles. The van der Waals surface area contributed by atoms with Crippen LogP contribution in [0.1, 0.15) is 0 Å². The van der Waals surface area contributed by atoms with E-state index in [2.05, 4.69) is 11.3 Å². The Morgan fingerprint density at radius 1 is 0.562 bits per heavy atom. The zero-order chi connectivity index (χ0) is 26.2. The van der Waals surface area contributed by atoms with Crippen LogP contribution in [0, 0.1) is 0 Å². The molecule has 0 fully saturated rings. The van der Waals surface area contributed by atoms with Gasteiger partial charge in [-0.2, -0.15) is 74.6 Å². The molecule has 0 amide bonds. The summed E-state index contributed by atoms with van der Waals surface area (Å²) in [5.41, 5.74) is 0. The van der Waals surface area contributed by atoms with Gasteiger partial charge in [-0.15, -0.1) is 6.58 Å². The third-order valence-corrected chi connectivity index (χ3v) is 2.97. The van der Waals surface area contributed by atoms with Gasteiger partial charge in [-0.05, 0) is 0 Å². The summed E-state index contributed by atoms with van der Waals surface area (Å²) in [6, 6.07) is 0. The minimum absolute atomic E-state index is 0.521. The van der Waals surface area contributed by atoms with Gasteiger partial charge >= 0.3 is 48.4 Å². The van der Waals surface area contributed by atoms with Gasteiger partial charge in [0.25, 0.3) is 0 Å². The normalized spacial score (nSPS) is 18.8. The summed E-state index contributed by atoms with van der Waals surface area (Å²) in [5.74, 6) is -21.9. The summed E-state index contributed by atoms with van der Waals surface area (Å²) in [7, 11) is 0. The van der Waals surface area contributed by atoms with E-state index in [0.717, 1.165) is 0 Å². The van der Waals surface area contributed by atoms with Crippen molar-refractivity contribution >= 4 is 0 Å². The van der Waals surface area contributed by atoms with Crippen LogP contribution in [0.5, 0.6) is 0 Å². The van der Waals surface area contributed by atoms with Gasteiger partial charge in [0, 0.05) is 0 Å². The highest BCUT2D eigenvalue weighted by Gasteiger charge is 2.85. The maximum absolute atomic E-state index is 13.8. The average molecular weight is 522 g/mol.